The van der Waals surface area contributed by atoms with Gasteiger partial charge < -0.3 is 4.90 Å². The first-order chi connectivity index (χ1) is 26.7. The Morgan fingerprint density at radius 3 is 2.35 bits per heavy atom. The molecule has 1 aliphatic heterocycles. The summed E-state index contributed by atoms with van der Waals surface area (Å²) >= 11 is 0. The number of nitrogens with zero attached hydrogens (tertiary/aromatic N) is 1. The van der Waals surface area contributed by atoms with Crippen molar-refractivity contribution in [1.82, 2.24) is 0 Å². The molecule has 0 N–H and O–H groups in total. The Labute approximate surface area is 321 Å². The molecule has 0 saturated heterocycles. The summed E-state index contributed by atoms with van der Waals surface area (Å²) in [5, 5.41) is 5.52. The highest BCUT2D eigenvalue weighted by atomic mass is 15.2. The van der Waals surface area contributed by atoms with Crippen LogP contribution in [0, 0.1) is 5.92 Å². The van der Waals surface area contributed by atoms with E-state index in [1.54, 1.807) is 0 Å². The van der Waals surface area contributed by atoms with E-state index >= 15 is 0 Å². The third-order valence-electron chi connectivity index (χ3n) is 12.1. The van der Waals surface area contributed by atoms with Gasteiger partial charge in [0.2, 0.25) is 0 Å². The predicted octanol–water partition coefficient (Wildman–Crippen LogP) is 12.2. The van der Waals surface area contributed by atoms with Gasteiger partial charge >= 0.3 is 0 Å². The molecule has 1 heterocycles. The summed E-state index contributed by atoms with van der Waals surface area (Å²) in [4.78, 5) is 2.66. The van der Waals surface area contributed by atoms with E-state index in [1.807, 2.05) is 0 Å². The second kappa shape index (κ2) is 15.0. The largest absolute Gasteiger partial charge is 0.338 e. The molecule has 0 aromatic heterocycles. The van der Waals surface area contributed by atoms with E-state index in [4.69, 9.17) is 0 Å². The Morgan fingerprint density at radius 1 is 0.648 bits per heavy atom. The normalized spacial score (nSPS) is 19.3. The van der Waals surface area contributed by atoms with E-state index in [0.717, 1.165) is 44.9 Å². The quantitative estimate of drug-likeness (QED) is 0.165. The zero-order chi connectivity index (χ0) is 36.4. The second-order valence-electron chi connectivity index (χ2n) is 15.4. The Hall–Kier alpha value is -5.66. The molecule has 2 atom stereocenters. The fourth-order valence-corrected chi connectivity index (χ4v) is 9.31. The van der Waals surface area contributed by atoms with Crippen LogP contribution in [0.15, 0.2) is 151 Å². The third kappa shape index (κ3) is 6.47. The van der Waals surface area contributed by atoms with Crippen LogP contribution in [0.4, 0.5) is 5.69 Å². The van der Waals surface area contributed by atoms with E-state index in [-0.39, 0.29) is 0 Å². The van der Waals surface area contributed by atoms with Crippen LogP contribution in [-0.4, -0.2) is 6.04 Å². The van der Waals surface area contributed by atoms with Crippen molar-refractivity contribution < 1.29 is 0 Å². The van der Waals surface area contributed by atoms with Gasteiger partial charge in [0.1, 0.15) is 0 Å². The lowest BCUT2D eigenvalue weighted by atomic mass is 9.83. The molecule has 1 nitrogen and oxygen atoms in total. The Morgan fingerprint density at radius 2 is 1.46 bits per heavy atom. The number of allylic oxidation sites excluding steroid dienone is 10. The standard InChI is InChI=1S/C53H49N/c1-3-52-37(2)16-10-11-19-44-35-42(30-33-53(44)54(52)45-23-15-20-39(28-31-45)38-17-6-4-7-18-38)40-21-14-22-41(34-40)43-29-32-50-48-25-9-5-8-24-46(48)47-26-12-13-27-49(47)51(50)36-43/h4-8,10-15,17-18,21-28,30-31,33-37,52H,3,9,16,19-20,29,32H2,1-2H3. The lowest BCUT2D eigenvalue weighted by Gasteiger charge is -2.38. The van der Waals surface area contributed by atoms with Crippen molar-refractivity contribution in [1.29, 1.82) is 0 Å². The predicted molar refractivity (Wildman–Crippen MR) is 233 cm³/mol. The van der Waals surface area contributed by atoms with Crippen LogP contribution in [0.2, 0.25) is 0 Å². The average molecular weight is 700 g/mol. The maximum atomic E-state index is 2.66. The topological polar surface area (TPSA) is 3.24 Å². The Bertz CT molecular complexity index is 2550. The SMILES string of the molecule is CCC1C(C)CC=CCc2cc(-c3cccc(C4=Cc5c(c6c(c7ccccc57)=CC=CCC=6)CC4)c3)ccc2N1C1=CC=C(c2ccccc2)CC=C1. The second-order valence-corrected chi connectivity index (χ2v) is 15.4. The highest BCUT2D eigenvalue weighted by Gasteiger charge is 2.28. The summed E-state index contributed by atoms with van der Waals surface area (Å²) in [6, 6.07) is 36.7. The highest BCUT2D eigenvalue weighted by molar-refractivity contribution is 5.99. The highest BCUT2D eigenvalue weighted by Crippen LogP contribution is 2.39. The molecule has 0 radical (unpaired) electrons. The van der Waals surface area contributed by atoms with Crippen molar-refractivity contribution in [2.24, 2.45) is 5.92 Å². The van der Waals surface area contributed by atoms with Crippen LogP contribution in [0.1, 0.15) is 73.8 Å². The first kappa shape index (κ1) is 34.1. The smallest absolute Gasteiger partial charge is 0.0449 e. The molecule has 3 aliphatic carbocycles. The van der Waals surface area contributed by atoms with E-state index in [0.29, 0.717) is 12.0 Å². The van der Waals surface area contributed by atoms with Gasteiger partial charge in [0, 0.05) is 17.4 Å². The maximum absolute atomic E-state index is 2.66. The molecule has 9 rings (SSSR count). The fraction of sp³-hybridized carbons (Fsp3) is 0.208. The number of hydrogen-bond donors (Lipinski definition) is 0. The molecule has 0 saturated carbocycles. The monoisotopic (exact) mass is 699 g/mol. The van der Waals surface area contributed by atoms with Crippen LogP contribution in [-0.2, 0) is 12.8 Å². The molecular formula is C53H49N. The molecular weight excluding hydrogens is 651 g/mol. The molecule has 1 heteroatoms. The minimum absolute atomic E-state index is 0.391. The Balaban J connectivity index is 1.11. The summed E-state index contributed by atoms with van der Waals surface area (Å²) in [7, 11) is 0. The average Bonchev–Trinajstić information content (AvgIpc) is 3.61. The van der Waals surface area contributed by atoms with Gasteiger partial charge in [-0.25, -0.2) is 0 Å². The minimum Gasteiger partial charge on any atom is -0.338 e. The summed E-state index contributed by atoms with van der Waals surface area (Å²) in [5.74, 6) is 0.525. The molecule has 5 aromatic carbocycles. The van der Waals surface area contributed by atoms with Crippen molar-refractivity contribution in [2.75, 3.05) is 4.90 Å². The zero-order valence-corrected chi connectivity index (χ0v) is 31.6. The number of anilines is 1. The minimum atomic E-state index is 0.391. The van der Waals surface area contributed by atoms with Crippen molar-refractivity contribution in [3.8, 4) is 11.1 Å². The molecule has 0 fully saturated rings. The van der Waals surface area contributed by atoms with Crippen molar-refractivity contribution in [2.45, 2.75) is 64.8 Å². The Kier molecular flexibility index (Phi) is 9.48. The van der Waals surface area contributed by atoms with E-state index in [2.05, 4.69) is 183 Å². The molecule has 2 unspecified atom stereocenters. The van der Waals surface area contributed by atoms with Crippen LogP contribution < -0.4 is 15.3 Å². The van der Waals surface area contributed by atoms with Crippen LogP contribution in [0.5, 0.6) is 0 Å². The number of fused-ring (bicyclic) bond motifs is 7. The molecule has 54 heavy (non-hydrogen) atoms. The lowest BCUT2D eigenvalue weighted by molar-refractivity contribution is 0.436. The molecule has 266 valence electrons. The van der Waals surface area contributed by atoms with Crippen molar-refractivity contribution in [3.05, 3.63) is 190 Å². The molecule has 0 spiro atoms. The van der Waals surface area contributed by atoms with E-state index in [1.165, 1.54) is 82.7 Å². The zero-order valence-electron chi connectivity index (χ0n) is 31.6. The van der Waals surface area contributed by atoms with Gasteiger partial charge in [0.05, 0.1) is 0 Å². The van der Waals surface area contributed by atoms with Gasteiger partial charge in [0.25, 0.3) is 0 Å². The van der Waals surface area contributed by atoms with Crippen molar-refractivity contribution >= 4 is 45.8 Å². The van der Waals surface area contributed by atoms with E-state index in [9.17, 15) is 0 Å². The lowest BCUT2D eigenvalue weighted by Crippen LogP contribution is -2.39. The third-order valence-corrected chi connectivity index (χ3v) is 12.1. The van der Waals surface area contributed by atoms with Gasteiger partial charge in [-0.1, -0.05) is 147 Å². The summed E-state index contributed by atoms with van der Waals surface area (Å²) in [5.41, 5.74) is 14.9. The fourth-order valence-electron chi connectivity index (χ4n) is 9.31. The maximum Gasteiger partial charge on any atom is 0.0449 e. The summed E-state index contributed by atoms with van der Waals surface area (Å²) < 4.78 is 0. The van der Waals surface area contributed by atoms with Crippen molar-refractivity contribution in [3.63, 3.8) is 0 Å². The number of rotatable bonds is 5. The molecule has 0 amide bonds. The number of benzene rings is 5. The molecule has 0 bridgehead atoms. The summed E-state index contributed by atoms with van der Waals surface area (Å²) in [6.45, 7) is 4.78. The van der Waals surface area contributed by atoms with Crippen LogP contribution in [0.3, 0.4) is 0 Å². The van der Waals surface area contributed by atoms with E-state index < -0.39 is 0 Å². The van der Waals surface area contributed by atoms with Gasteiger partial charge in [0.15, 0.2) is 0 Å². The molecule has 5 aromatic rings. The first-order valence-electron chi connectivity index (χ1n) is 20.1. The van der Waals surface area contributed by atoms with Crippen LogP contribution >= 0.6 is 0 Å². The van der Waals surface area contributed by atoms with Crippen LogP contribution in [0.25, 0.3) is 51.3 Å². The number of hydrogen-bond acceptors (Lipinski definition) is 1. The van der Waals surface area contributed by atoms with Gasteiger partial charge in [-0.2, -0.15) is 0 Å². The van der Waals surface area contributed by atoms with Gasteiger partial charge in [-0.05, 0) is 153 Å². The summed E-state index contributed by atoms with van der Waals surface area (Å²) in [6.07, 6.45) is 33.1. The first-order valence-corrected chi connectivity index (χ1v) is 20.1. The molecule has 4 aliphatic rings. The van der Waals surface area contributed by atoms with Gasteiger partial charge in [-0.3, -0.25) is 0 Å². The van der Waals surface area contributed by atoms with Gasteiger partial charge in [-0.15, -0.1) is 0 Å².